The second kappa shape index (κ2) is 5.67. The summed E-state index contributed by atoms with van der Waals surface area (Å²) in [5.74, 6) is 0.444. The molecule has 2 rings (SSSR count). The Balaban J connectivity index is 1.72. The van der Waals surface area contributed by atoms with Gasteiger partial charge in [0.15, 0.2) is 0 Å². The third kappa shape index (κ3) is 3.45. The Morgan fingerprint density at radius 3 is 3.24 bits per heavy atom. The van der Waals surface area contributed by atoms with Crippen LogP contribution in [0.3, 0.4) is 0 Å². The first-order chi connectivity index (χ1) is 8.28. The Hall–Kier alpha value is -1.56. The Kier molecular flexibility index (Phi) is 3.98. The summed E-state index contributed by atoms with van der Waals surface area (Å²) in [6.45, 7) is 5.00. The molecule has 1 saturated heterocycles. The molecule has 1 aliphatic rings. The number of hydrogen-bond donors (Lipinski definition) is 2. The summed E-state index contributed by atoms with van der Waals surface area (Å²) in [7, 11) is 0. The van der Waals surface area contributed by atoms with E-state index in [9.17, 15) is 4.79 Å². The monoisotopic (exact) mass is 238 g/mol. The summed E-state index contributed by atoms with van der Waals surface area (Å²) in [4.78, 5) is 11.6. The molecule has 1 atom stereocenters. The number of carbonyl (C=O) groups is 1. The molecule has 0 radical (unpaired) electrons. The lowest BCUT2D eigenvalue weighted by atomic mass is 10.1. The van der Waals surface area contributed by atoms with Crippen LogP contribution < -0.4 is 10.6 Å². The van der Waals surface area contributed by atoms with Crippen molar-refractivity contribution in [1.29, 1.82) is 0 Å². The first-order valence-electron chi connectivity index (χ1n) is 5.93. The molecule has 1 aromatic heterocycles. The topological polar surface area (TPSA) is 68.2 Å². The van der Waals surface area contributed by atoms with Gasteiger partial charge in [-0.05, 0) is 13.3 Å². The van der Waals surface area contributed by atoms with E-state index in [1.165, 1.54) is 0 Å². The molecule has 1 fully saturated rings. The zero-order valence-corrected chi connectivity index (χ0v) is 9.98. The van der Waals surface area contributed by atoms with Gasteiger partial charge in [0.1, 0.15) is 0 Å². The smallest absolute Gasteiger partial charge is 0.319 e. The minimum absolute atomic E-state index is 0.187. The summed E-state index contributed by atoms with van der Waals surface area (Å²) >= 11 is 0. The number of aromatic nitrogens is 2. The fraction of sp³-hybridized carbons (Fsp3) is 0.636. The summed E-state index contributed by atoms with van der Waals surface area (Å²) in [6, 6.07) is -0.187. The molecular formula is C11H18N4O2. The number of carbonyl (C=O) groups excluding carboxylic acids is 1. The molecule has 0 aliphatic carbocycles. The van der Waals surface area contributed by atoms with Gasteiger partial charge in [-0.15, -0.1) is 0 Å². The first kappa shape index (κ1) is 11.9. The van der Waals surface area contributed by atoms with E-state index in [1.807, 2.05) is 6.92 Å². The van der Waals surface area contributed by atoms with Crippen molar-refractivity contribution in [2.45, 2.75) is 19.9 Å². The molecule has 0 unspecified atom stereocenters. The van der Waals surface area contributed by atoms with Crippen molar-refractivity contribution in [2.75, 3.05) is 25.1 Å². The van der Waals surface area contributed by atoms with Crippen molar-refractivity contribution < 1.29 is 9.53 Å². The molecule has 1 aromatic rings. The highest BCUT2D eigenvalue weighted by Gasteiger charge is 2.16. The third-order valence-corrected chi connectivity index (χ3v) is 2.79. The van der Waals surface area contributed by atoms with Gasteiger partial charge in [-0.25, -0.2) is 4.79 Å². The van der Waals surface area contributed by atoms with Crippen LogP contribution in [0.25, 0.3) is 0 Å². The summed E-state index contributed by atoms with van der Waals surface area (Å²) in [5, 5.41) is 9.66. The van der Waals surface area contributed by atoms with Crippen molar-refractivity contribution in [3.63, 3.8) is 0 Å². The van der Waals surface area contributed by atoms with E-state index in [2.05, 4.69) is 15.7 Å². The van der Waals surface area contributed by atoms with Gasteiger partial charge in [-0.3, -0.25) is 4.68 Å². The average Bonchev–Trinajstić information content (AvgIpc) is 2.97. The molecule has 6 heteroatoms. The number of nitrogens with zero attached hydrogens (tertiary/aromatic N) is 2. The van der Waals surface area contributed by atoms with Crippen molar-refractivity contribution in [3.8, 4) is 0 Å². The lowest BCUT2D eigenvalue weighted by molar-refractivity contribution is 0.185. The lowest BCUT2D eigenvalue weighted by Gasteiger charge is -2.09. The van der Waals surface area contributed by atoms with E-state index in [-0.39, 0.29) is 6.03 Å². The molecular weight excluding hydrogens is 220 g/mol. The largest absolute Gasteiger partial charge is 0.381 e. The second-order valence-electron chi connectivity index (χ2n) is 4.15. The van der Waals surface area contributed by atoms with E-state index >= 15 is 0 Å². The van der Waals surface area contributed by atoms with Crippen LogP contribution in [0.5, 0.6) is 0 Å². The van der Waals surface area contributed by atoms with Gasteiger partial charge >= 0.3 is 6.03 Å². The lowest BCUT2D eigenvalue weighted by Crippen LogP contribution is -2.33. The molecule has 2 amide bonds. The predicted octanol–water partition coefficient (Wildman–Crippen LogP) is 1.06. The summed E-state index contributed by atoms with van der Waals surface area (Å²) < 4.78 is 7.00. The Morgan fingerprint density at radius 1 is 1.71 bits per heavy atom. The van der Waals surface area contributed by atoms with Crippen LogP contribution in [0, 0.1) is 5.92 Å². The van der Waals surface area contributed by atoms with E-state index in [0.717, 1.165) is 26.2 Å². The highest BCUT2D eigenvalue weighted by Crippen LogP contribution is 2.10. The standard InChI is InChI=1S/C11H18N4O2/c1-2-15-7-10(6-13-15)14-11(16)12-5-9-3-4-17-8-9/h6-7,9H,2-5,8H2,1H3,(H2,12,14,16)/t9-/m1/s1. The molecule has 6 nitrogen and oxygen atoms in total. The summed E-state index contributed by atoms with van der Waals surface area (Å²) in [6.07, 6.45) is 4.47. The maximum absolute atomic E-state index is 11.6. The van der Waals surface area contributed by atoms with Crippen LogP contribution in [-0.4, -0.2) is 35.6 Å². The normalized spacial score (nSPS) is 19.2. The first-order valence-corrected chi connectivity index (χ1v) is 5.93. The van der Waals surface area contributed by atoms with E-state index in [1.54, 1.807) is 17.1 Å². The Labute approximate surface area is 100 Å². The number of rotatable bonds is 4. The minimum Gasteiger partial charge on any atom is -0.381 e. The van der Waals surface area contributed by atoms with Crippen LogP contribution in [0.1, 0.15) is 13.3 Å². The van der Waals surface area contributed by atoms with Crippen molar-refractivity contribution >= 4 is 11.7 Å². The van der Waals surface area contributed by atoms with Gasteiger partial charge in [0.2, 0.25) is 0 Å². The van der Waals surface area contributed by atoms with E-state index in [4.69, 9.17) is 4.74 Å². The molecule has 94 valence electrons. The molecule has 0 saturated carbocycles. The van der Waals surface area contributed by atoms with Crippen LogP contribution in [0.4, 0.5) is 10.5 Å². The van der Waals surface area contributed by atoms with Gasteiger partial charge in [-0.2, -0.15) is 5.10 Å². The zero-order valence-electron chi connectivity index (χ0n) is 9.98. The molecule has 17 heavy (non-hydrogen) atoms. The van der Waals surface area contributed by atoms with Gasteiger partial charge in [0.25, 0.3) is 0 Å². The highest BCUT2D eigenvalue weighted by molar-refractivity contribution is 5.88. The predicted molar refractivity (Wildman–Crippen MR) is 63.8 cm³/mol. The van der Waals surface area contributed by atoms with Gasteiger partial charge in [0, 0.05) is 31.8 Å². The number of ether oxygens (including phenoxy) is 1. The molecule has 2 heterocycles. The van der Waals surface area contributed by atoms with E-state index in [0.29, 0.717) is 18.2 Å². The zero-order chi connectivity index (χ0) is 12.1. The fourth-order valence-corrected chi connectivity index (χ4v) is 1.76. The number of anilines is 1. The number of urea groups is 1. The molecule has 0 aromatic carbocycles. The van der Waals surface area contributed by atoms with Crippen LogP contribution in [0.15, 0.2) is 12.4 Å². The highest BCUT2D eigenvalue weighted by atomic mass is 16.5. The van der Waals surface area contributed by atoms with E-state index < -0.39 is 0 Å². The fourth-order valence-electron chi connectivity index (χ4n) is 1.76. The molecule has 0 spiro atoms. The van der Waals surface area contributed by atoms with Gasteiger partial charge < -0.3 is 15.4 Å². The SMILES string of the molecule is CCn1cc(NC(=O)NC[C@H]2CCOC2)cn1. The second-order valence-corrected chi connectivity index (χ2v) is 4.15. The van der Waals surface area contributed by atoms with Crippen LogP contribution >= 0.6 is 0 Å². The molecule has 0 bridgehead atoms. The molecule has 2 N–H and O–H groups in total. The quantitative estimate of drug-likeness (QED) is 0.824. The van der Waals surface area contributed by atoms with Crippen molar-refractivity contribution in [1.82, 2.24) is 15.1 Å². The average molecular weight is 238 g/mol. The Morgan fingerprint density at radius 2 is 2.59 bits per heavy atom. The maximum Gasteiger partial charge on any atom is 0.319 e. The maximum atomic E-state index is 11.6. The third-order valence-electron chi connectivity index (χ3n) is 2.79. The Bertz CT molecular complexity index is 371. The number of amides is 2. The summed E-state index contributed by atoms with van der Waals surface area (Å²) in [5.41, 5.74) is 0.715. The number of nitrogens with one attached hydrogen (secondary N) is 2. The van der Waals surface area contributed by atoms with Crippen LogP contribution in [0.2, 0.25) is 0 Å². The van der Waals surface area contributed by atoms with Crippen molar-refractivity contribution in [3.05, 3.63) is 12.4 Å². The number of hydrogen-bond acceptors (Lipinski definition) is 3. The van der Waals surface area contributed by atoms with Gasteiger partial charge in [0.05, 0.1) is 18.5 Å². The minimum atomic E-state index is -0.187. The van der Waals surface area contributed by atoms with Crippen LogP contribution in [-0.2, 0) is 11.3 Å². The molecule has 1 aliphatic heterocycles. The van der Waals surface area contributed by atoms with Gasteiger partial charge in [-0.1, -0.05) is 0 Å². The van der Waals surface area contributed by atoms with Crippen molar-refractivity contribution in [2.24, 2.45) is 5.92 Å². The number of aryl methyl sites for hydroxylation is 1.